The molecule has 0 radical (unpaired) electrons. The Kier molecular flexibility index (Phi) is 4.10. The lowest BCUT2D eigenvalue weighted by molar-refractivity contribution is 0.640. The van der Waals surface area contributed by atoms with Crippen molar-refractivity contribution in [3.8, 4) is 0 Å². The summed E-state index contributed by atoms with van der Waals surface area (Å²) in [6.45, 7) is 1.75. The SMILES string of the molecule is Nc1ccccc1CNCCCc1ncn[nH]1. The molecule has 90 valence electrons. The molecule has 0 aliphatic heterocycles. The van der Waals surface area contributed by atoms with Gasteiger partial charge in [0, 0.05) is 18.7 Å². The lowest BCUT2D eigenvalue weighted by Crippen LogP contribution is -2.16. The molecule has 0 atom stereocenters. The molecular weight excluding hydrogens is 214 g/mol. The topological polar surface area (TPSA) is 79.6 Å². The average Bonchev–Trinajstić information content (AvgIpc) is 2.84. The van der Waals surface area contributed by atoms with Gasteiger partial charge in [-0.05, 0) is 24.6 Å². The van der Waals surface area contributed by atoms with Gasteiger partial charge in [-0.2, -0.15) is 5.10 Å². The Balaban J connectivity index is 1.65. The number of hydrogen-bond donors (Lipinski definition) is 3. The Morgan fingerprint density at radius 1 is 1.29 bits per heavy atom. The molecule has 1 heterocycles. The predicted molar refractivity (Wildman–Crippen MR) is 67.3 cm³/mol. The van der Waals surface area contributed by atoms with Crippen molar-refractivity contribution in [2.45, 2.75) is 19.4 Å². The zero-order valence-corrected chi connectivity index (χ0v) is 9.69. The van der Waals surface area contributed by atoms with Gasteiger partial charge in [0.1, 0.15) is 12.2 Å². The molecule has 0 fully saturated rings. The third-order valence-electron chi connectivity index (χ3n) is 2.60. The first-order valence-electron chi connectivity index (χ1n) is 5.74. The van der Waals surface area contributed by atoms with Gasteiger partial charge in [-0.1, -0.05) is 18.2 Å². The first-order chi connectivity index (χ1) is 8.36. The monoisotopic (exact) mass is 231 g/mol. The van der Waals surface area contributed by atoms with Crippen LogP contribution in [0.1, 0.15) is 17.8 Å². The van der Waals surface area contributed by atoms with Gasteiger partial charge in [0.05, 0.1) is 0 Å². The minimum Gasteiger partial charge on any atom is -0.398 e. The second-order valence-electron chi connectivity index (χ2n) is 3.91. The van der Waals surface area contributed by atoms with Crippen LogP contribution in [0.4, 0.5) is 5.69 Å². The summed E-state index contributed by atoms with van der Waals surface area (Å²) in [5, 5.41) is 10.0. The Hall–Kier alpha value is -1.88. The van der Waals surface area contributed by atoms with E-state index in [1.54, 1.807) is 0 Å². The maximum atomic E-state index is 5.85. The van der Waals surface area contributed by atoms with E-state index < -0.39 is 0 Å². The quantitative estimate of drug-likeness (QED) is 0.514. The van der Waals surface area contributed by atoms with E-state index in [4.69, 9.17) is 5.73 Å². The highest BCUT2D eigenvalue weighted by Crippen LogP contribution is 2.09. The fourth-order valence-corrected chi connectivity index (χ4v) is 1.65. The Morgan fingerprint density at radius 2 is 2.18 bits per heavy atom. The maximum Gasteiger partial charge on any atom is 0.137 e. The number of nitrogens with zero attached hydrogens (tertiary/aromatic N) is 2. The van der Waals surface area contributed by atoms with Crippen molar-refractivity contribution in [1.29, 1.82) is 0 Å². The van der Waals surface area contributed by atoms with Crippen LogP contribution in [0.15, 0.2) is 30.6 Å². The van der Waals surface area contributed by atoms with E-state index in [-0.39, 0.29) is 0 Å². The molecule has 17 heavy (non-hydrogen) atoms. The van der Waals surface area contributed by atoms with Crippen LogP contribution in [0, 0.1) is 0 Å². The molecule has 0 saturated heterocycles. The van der Waals surface area contributed by atoms with E-state index >= 15 is 0 Å². The molecule has 0 spiro atoms. The third kappa shape index (κ3) is 3.57. The zero-order valence-electron chi connectivity index (χ0n) is 9.69. The summed E-state index contributed by atoms with van der Waals surface area (Å²) in [6.07, 6.45) is 3.48. The summed E-state index contributed by atoms with van der Waals surface area (Å²) in [5.41, 5.74) is 7.84. The van der Waals surface area contributed by atoms with Crippen molar-refractivity contribution >= 4 is 5.69 Å². The Bertz CT molecular complexity index is 438. The van der Waals surface area contributed by atoms with Gasteiger partial charge >= 0.3 is 0 Å². The first-order valence-corrected chi connectivity index (χ1v) is 5.74. The molecule has 2 aromatic rings. The minimum atomic E-state index is 0.809. The third-order valence-corrected chi connectivity index (χ3v) is 2.60. The number of aromatic nitrogens is 3. The fraction of sp³-hybridized carbons (Fsp3) is 0.333. The predicted octanol–water partition coefficient (Wildman–Crippen LogP) is 1.11. The number of nitrogens with two attached hydrogens (primary N) is 1. The van der Waals surface area contributed by atoms with Gasteiger partial charge in [-0.25, -0.2) is 4.98 Å². The molecule has 4 N–H and O–H groups in total. The number of H-pyrrole nitrogens is 1. The number of hydrogen-bond acceptors (Lipinski definition) is 4. The summed E-state index contributed by atoms with van der Waals surface area (Å²) in [6, 6.07) is 7.91. The van der Waals surface area contributed by atoms with Crippen LogP contribution >= 0.6 is 0 Å². The van der Waals surface area contributed by atoms with Gasteiger partial charge in [-0.3, -0.25) is 5.10 Å². The number of benzene rings is 1. The molecule has 0 unspecified atom stereocenters. The van der Waals surface area contributed by atoms with E-state index in [0.717, 1.165) is 43.0 Å². The van der Waals surface area contributed by atoms with Crippen LogP contribution in [0.3, 0.4) is 0 Å². The molecule has 1 aromatic carbocycles. The second kappa shape index (κ2) is 6.00. The largest absolute Gasteiger partial charge is 0.398 e. The van der Waals surface area contributed by atoms with Gasteiger partial charge < -0.3 is 11.1 Å². The second-order valence-corrected chi connectivity index (χ2v) is 3.91. The van der Waals surface area contributed by atoms with E-state index in [2.05, 4.69) is 20.5 Å². The number of nitrogen functional groups attached to an aromatic ring is 1. The number of aromatic amines is 1. The summed E-state index contributed by atoms with van der Waals surface area (Å²) >= 11 is 0. The van der Waals surface area contributed by atoms with Gasteiger partial charge in [-0.15, -0.1) is 0 Å². The van der Waals surface area contributed by atoms with Crippen molar-refractivity contribution in [2.75, 3.05) is 12.3 Å². The lowest BCUT2D eigenvalue weighted by Gasteiger charge is -2.06. The van der Waals surface area contributed by atoms with Crippen molar-refractivity contribution in [1.82, 2.24) is 20.5 Å². The zero-order chi connectivity index (χ0) is 11.9. The highest BCUT2D eigenvalue weighted by molar-refractivity contribution is 5.46. The van der Waals surface area contributed by atoms with E-state index in [1.165, 1.54) is 6.33 Å². The molecule has 0 amide bonds. The van der Waals surface area contributed by atoms with E-state index in [0.29, 0.717) is 0 Å². The van der Waals surface area contributed by atoms with Crippen molar-refractivity contribution < 1.29 is 0 Å². The lowest BCUT2D eigenvalue weighted by atomic mass is 10.2. The molecule has 0 saturated carbocycles. The molecule has 5 heteroatoms. The van der Waals surface area contributed by atoms with E-state index in [1.807, 2.05) is 24.3 Å². The summed E-state index contributed by atoms with van der Waals surface area (Å²) < 4.78 is 0. The average molecular weight is 231 g/mol. The molecule has 2 rings (SSSR count). The Morgan fingerprint density at radius 3 is 2.94 bits per heavy atom. The number of anilines is 1. The molecule has 0 aliphatic carbocycles. The Labute approximate surface area is 100 Å². The molecular formula is C12H17N5. The number of nitrogens with one attached hydrogen (secondary N) is 2. The standard InChI is InChI=1S/C12H17N5/c13-11-5-2-1-4-10(11)8-14-7-3-6-12-15-9-16-17-12/h1-2,4-5,9,14H,3,6-8,13H2,(H,15,16,17). The highest BCUT2D eigenvalue weighted by Gasteiger charge is 1.98. The smallest absolute Gasteiger partial charge is 0.137 e. The molecule has 5 nitrogen and oxygen atoms in total. The van der Waals surface area contributed by atoms with Crippen LogP contribution in [0.25, 0.3) is 0 Å². The number of aryl methyl sites for hydroxylation is 1. The van der Waals surface area contributed by atoms with Crippen molar-refractivity contribution in [2.24, 2.45) is 0 Å². The van der Waals surface area contributed by atoms with Crippen molar-refractivity contribution in [3.05, 3.63) is 42.0 Å². The number of para-hydroxylation sites is 1. The minimum absolute atomic E-state index is 0.809. The molecule has 0 bridgehead atoms. The molecule has 1 aromatic heterocycles. The van der Waals surface area contributed by atoms with Crippen molar-refractivity contribution in [3.63, 3.8) is 0 Å². The van der Waals surface area contributed by atoms with Crippen LogP contribution in [-0.2, 0) is 13.0 Å². The molecule has 0 aliphatic rings. The summed E-state index contributed by atoms with van der Waals surface area (Å²) in [5.74, 6) is 0.936. The van der Waals surface area contributed by atoms with Gasteiger partial charge in [0.2, 0.25) is 0 Å². The maximum absolute atomic E-state index is 5.85. The summed E-state index contributed by atoms with van der Waals surface area (Å²) in [4.78, 5) is 4.07. The number of rotatable bonds is 6. The van der Waals surface area contributed by atoms with Crippen LogP contribution < -0.4 is 11.1 Å². The fourth-order valence-electron chi connectivity index (χ4n) is 1.65. The van der Waals surface area contributed by atoms with Gasteiger partial charge in [0.25, 0.3) is 0 Å². The van der Waals surface area contributed by atoms with E-state index in [9.17, 15) is 0 Å². The summed E-state index contributed by atoms with van der Waals surface area (Å²) in [7, 11) is 0. The van der Waals surface area contributed by atoms with Crippen LogP contribution in [0.5, 0.6) is 0 Å². The first kappa shape index (κ1) is 11.6. The highest BCUT2D eigenvalue weighted by atomic mass is 15.2. The normalized spacial score (nSPS) is 10.6. The van der Waals surface area contributed by atoms with Crippen LogP contribution in [0.2, 0.25) is 0 Å². The van der Waals surface area contributed by atoms with Crippen LogP contribution in [-0.4, -0.2) is 21.7 Å². The van der Waals surface area contributed by atoms with Gasteiger partial charge in [0.15, 0.2) is 0 Å².